The molecule has 0 atom stereocenters. The fourth-order valence-corrected chi connectivity index (χ4v) is 4.92. The minimum Gasteiger partial charge on any atom is -0.478 e. The molecule has 0 saturated carbocycles. The number of alkyl halides is 3. The molecule has 0 saturated heterocycles. The van der Waals surface area contributed by atoms with Crippen LogP contribution >= 0.6 is 0 Å². The van der Waals surface area contributed by atoms with Crippen LogP contribution in [0.1, 0.15) is 46.8 Å². The van der Waals surface area contributed by atoms with Gasteiger partial charge in [0.05, 0.1) is 16.1 Å². The molecular weight excluding hydrogens is 489 g/mol. The van der Waals surface area contributed by atoms with E-state index in [4.69, 9.17) is 9.90 Å². The number of aromatic carboxylic acids is 1. The lowest BCUT2D eigenvalue weighted by atomic mass is 10.1. The zero-order chi connectivity index (χ0) is 27.1. The topological polar surface area (TPSA) is 124 Å². The zero-order valence-electron chi connectivity index (χ0n) is 20.0. The van der Waals surface area contributed by atoms with Crippen LogP contribution in [-0.2, 0) is 14.8 Å². The van der Waals surface area contributed by atoms with Crippen LogP contribution in [-0.4, -0.2) is 50.3 Å². The van der Waals surface area contributed by atoms with Crippen LogP contribution in [0.15, 0.2) is 35.2 Å². The standard InChI is InChI=1S/C21H28N2O4S.C2HF3O2/c1-6-7-10-23(5)19-9-8-17(13-18(19)21(24)25)22-28(26,27)20-15(3)11-14(2)12-16(20)4;3-2(4,5)1(6)7/h8-9,11-13,22H,6-7,10H2,1-5H3,(H,24,25);(H,6,7). The molecule has 2 aromatic carbocycles. The summed E-state index contributed by atoms with van der Waals surface area (Å²) >= 11 is 0. The molecule has 0 amide bonds. The number of rotatable bonds is 8. The fourth-order valence-electron chi connectivity index (χ4n) is 3.42. The van der Waals surface area contributed by atoms with Gasteiger partial charge in [0.2, 0.25) is 0 Å². The van der Waals surface area contributed by atoms with E-state index in [1.165, 1.54) is 6.07 Å². The molecule has 0 aliphatic heterocycles. The highest BCUT2D eigenvalue weighted by atomic mass is 32.2. The predicted molar refractivity (Wildman–Crippen MR) is 127 cm³/mol. The van der Waals surface area contributed by atoms with Crippen molar-refractivity contribution in [2.24, 2.45) is 0 Å². The first kappa shape index (κ1) is 29.8. The van der Waals surface area contributed by atoms with Gasteiger partial charge in [-0.2, -0.15) is 13.2 Å². The number of hydrogen-bond acceptors (Lipinski definition) is 5. The van der Waals surface area contributed by atoms with E-state index in [-0.39, 0.29) is 16.1 Å². The molecule has 2 aromatic rings. The smallest absolute Gasteiger partial charge is 0.478 e. The van der Waals surface area contributed by atoms with Crippen LogP contribution < -0.4 is 9.62 Å². The molecule has 0 radical (unpaired) electrons. The zero-order valence-corrected chi connectivity index (χ0v) is 20.8. The molecule has 8 nitrogen and oxygen atoms in total. The largest absolute Gasteiger partial charge is 0.490 e. The summed E-state index contributed by atoms with van der Waals surface area (Å²) in [7, 11) is -2.00. The first-order valence-corrected chi connectivity index (χ1v) is 12.0. The molecule has 12 heteroatoms. The minimum atomic E-state index is -5.08. The van der Waals surface area contributed by atoms with Crippen molar-refractivity contribution in [2.45, 2.75) is 51.6 Å². The second-order valence-electron chi connectivity index (χ2n) is 7.95. The Morgan fingerprint density at radius 3 is 1.97 bits per heavy atom. The first-order chi connectivity index (χ1) is 16.0. The van der Waals surface area contributed by atoms with E-state index in [0.29, 0.717) is 16.8 Å². The third-order valence-corrected chi connectivity index (χ3v) is 6.54. The Bertz CT molecular complexity index is 1160. The van der Waals surface area contributed by atoms with Crippen LogP contribution in [0, 0.1) is 20.8 Å². The van der Waals surface area contributed by atoms with E-state index >= 15 is 0 Å². The molecule has 0 spiro atoms. The Kier molecular flexibility index (Phi) is 10.1. The highest BCUT2D eigenvalue weighted by Crippen LogP contribution is 2.28. The molecule has 0 aliphatic rings. The average molecular weight is 519 g/mol. The summed E-state index contributed by atoms with van der Waals surface area (Å²) in [6.45, 7) is 8.21. The molecule has 0 unspecified atom stereocenters. The number of halogens is 3. The van der Waals surface area contributed by atoms with Crippen molar-refractivity contribution in [2.75, 3.05) is 23.2 Å². The Morgan fingerprint density at radius 1 is 1.03 bits per heavy atom. The number of benzene rings is 2. The van der Waals surface area contributed by atoms with Gasteiger partial charge in [-0.3, -0.25) is 4.72 Å². The molecule has 3 N–H and O–H groups in total. The third kappa shape index (κ3) is 8.46. The van der Waals surface area contributed by atoms with Gasteiger partial charge in [-0.15, -0.1) is 0 Å². The Morgan fingerprint density at radius 2 is 1.54 bits per heavy atom. The third-order valence-electron chi connectivity index (χ3n) is 4.85. The second-order valence-corrected chi connectivity index (χ2v) is 9.57. The van der Waals surface area contributed by atoms with Gasteiger partial charge in [0, 0.05) is 19.3 Å². The van der Waals surface area contributed by atoms with Gasteiger partial charge in [0.25, 0.3) is 10.0 Å². The van der Waals surface area contributed by atoms with E-state index in [9.17, 15) is 31.5 Å². The molecule has 0 aromatic heterocycles. The highest BCUT2D eigenvalue weighted by Gasteiger charge is 2.38. The van der Waals surface area contributed by atoms with Crippen LogP contribution in [0.3, 0.4) is 0 Å². The van der Waals surface area contributed by atoms with Crippen LogP contribution in [0.5, 0.6) is 0 Å². The lowest BCUT2D eigenvalue weighted by molar-refractivity contribution is -0.192. The summed E-state index contributed by atoms with van der Waals surface area (Å²) < 4.78 is 60.1. The Hall–Kier alpha value is -3.28. The van der Waals surface area contributed by atoms with E-state index < -0.39 is 28.1 Å². The normalized spacial score (nSPS) is 11.3. The molecule has 0 bridgehead atoms. The summed E-state index contributed by atoms with van der Waals surface area (Å²) in [6.07, 6.45) is -3.14. The number of unbranched alkanes of at least 4 members (excludes halogenated alkanes) is 1. The number of aliphatic carboxylic acids is 1. The van der Waals surface area contributed by atoms with Crippen molar-refractivity contribution in [3.63, 3.8) is 0 Å². The second kappa shape index (κ2) is 11.9. The maximum Gasteiger partial charge on any atom is 0.490 e. The number of nitrogens with one attached hydrogen (secondary N) is 1. The summed E-state index contributed by atoms with van der Waals surface area (Å²) in [5, 5.41) is 16.7. The van der Waals surface area contributed by atoms with Crippen molar-refractivity contribution in [3.05, 3.63) is 52.6 Å². The highest BCUT2D eigenvalue weighted by molar-refractivity contribution is 7.92. The van der Waals surface area contributed by atoms with Gasteiger partial charge in [-0.05, 0) is 56.5 Å². The summed E-state index contributed by atoms with van der Waals surface area (Å²) in [5.41, 5.74) is 3.15. The number of carboxylic acid groups (broad SMARTS) is 2. The lowest BCUT2D eigenvalue weighted by Crippen LogP contribution is -2.21. The summed E-state index contributed by atoms with van der Waals surface area (Å²) in [4.78, 5) is 22.7. The summed E-state index contributed by atoms with van der Waals surface area (Å²) in [5.74, 6) is -3.85. The molecule has 0 heterocycles. The van der Waals surface area contributed by atoms with Gasteiger partial charge in [0.1, 0.15) is 0 Å². The van der Waals surface area contributed by atoms with E-state index in [1.54, 1.807) is 26.0 Å². The fraction of sp³-hybridized carbons (Fsp3) is 0.391. The quantitative estimate of drug-likeness (QED) is 0.450. The molecule has 2 rings (SSSR count). The number of anilines is 2. The van der Waals surface area contributed by atoms with Crippen LogP contribution in [0.4, 0.5) is 24.5 Å². The van der Waals surface area contributed by atoms with Gasteiger partial charge in [-0.25, -0.2) is 18.0 Å². The monoisotopic (exact) mass is 518 g/mol. The number of aryl methyl sites for hydroxylation is 3. The molecule has 0 fully saturated rings. The maximum absolute atomic E-state index is 12.9. The van der Waals surface area contributed by atoms with Gasteiger partial charge in [0.15, 0.2) is 0 Å². The van der Waals surface area contributed by atoms with Gasteiger partial charge >= 0.3 is 18.1 Å². The van der Waals surface area contributed by atoms with Crippen molar-refractivity contribution in [3.8, 4) is 0 Å². The van der Waals surface area contributed by atoms with Crippen molar-refractivity contribution >= 4 is 33.3 Å². The van der Waals surface area contributed by atoms with Crippen LogP contribution in [0.2, 0.25) is 0 Å². The van der Waals surface area contributed by atoms with E-state index in [1.807, 2.05) is 31.0 Å². The Labute approximate surface area is 202 Å². The van der Waals surface area contributed by atoms with E-state index in [0.717, 1.165) is 24.9 Å². The number of carboxylic acids is 2. The Balaban J connectivity index is 0.000000762. The predicted octanol–water partition coefficient (Wildman–Crippen LogP) is 4.98. The van der Waals surface area contributed by atoms with Crippen molar-refractivity contribution in [1.82, 2.24) is 0 Å². The minimum absolute atomic E-state index is 0.0659. The lowest BCUT2D eigenvalue weighted by Gasteiger charge is -2.22. The average Bonchev–Trinajstić information content (AvgIpc) is 2.70. The van der Waals surface area contributed by atoms with Crippen molar-refractivity contribution in [1.29, 1.82) is 0 Å². The van der Waals surface area contributed by atoms with E-state index in [2.05, 4.69) is 11.6 Å². The first-order valence-electron chi connectivity index (χ1n) is 10.5. The molecule has 0 aliphatic carbocycles. The molecular formula is C23H29F3N2O6S. The number of hydrogen-bond donors (Lipinski definition) is 3. The number of nitrogens with zero attached hydrogens (tertiary/aromatic N) is 1. The SMILES string of the molecule is CCCCN(C)c1ccc(NS(=O)(=O)c2c(C)cc(C)cc2C)cc1C(=O)O.O=C(O)C(F)(F)F. The maximum atomic E-state index is 12.9. The van der Waals surface area contributed by atoms with Crippen LogP contribution in [0.25, 0.3) is 0 Å². The van der Waals surface area contributed by atoms with Gasteiger partial charge in [-0.1, -0.05) is 31.0 Å². The summed E-state index contributed by atoms with van der Waals surface area (Å²) in [6, 6.07) is 8.25. The van der Waals surface area contributed by atoms with Crippen molar-refractivity contribution < 1.29 is 41.4 Å². The molecule has 35 heavy (non-hydrogen) atoms. The number of carbonyl (C=O) groups is 2. The number of sulfonamides is 1. The molecule has 194 valence electrons. The van der Waals surface area contributed by atoms with Gasteiger partial charge < -0.3 is 15.1 Å².